The van der Waals surface area contributed by atoms with Gasteiger partial charge >= 0.3 is 0 Å². The van der Waals surface area contributed by atoms with Gasteiger partial charge in [-0.25, -0.2) is 14.4 Å². The molecule has 0 amide bonds. The second-order valence-electron chi connectivity index (χ2n) is 6.29. The number of pyridine rings is 1. The highest BCUT2D eigenvalue weighted by molar-refractivity contribution is 5.46. The number of ether oxygens (including phenoxy) is 1. The second kappa shape index (κ2) is 7.63. The zero-order chi connectivity index (χ0) is 17.8. The Hall–Kier alpha value is -2.44. The molecule has 0 aliphatic carbocycles. The highest BCUT2D eigenvalue weighted by atomic mass is 19.1. The van der Waals surface area contributed by atoms with E-state index in [0.29, 0.717) is 36.9 Å². The van der Waals surface area contributed by atoms with Crippen molar-refractivity contribution in [2.45, 2.75) is 33.3 Å². The fraction of sp³-hybridized carbons (Fsp3) is 0.500. The molecule has 0 unspecified atom stereocenters. The van der Waals surface area contributed by atoms with E-state index < -0.39 is 0 Å². The van der Waals surface area contributed by atoms with E-state index in [1.807, 2.05) is 43.9 Å². The summed E-state index contributed by atoms with van der Waals surface area (Å²) in [5, 5.41) is 0. The van der Waals surface area contributed by atoms with Crippen molar-refractivity contribution >= 4 is 11.6 Å². The Balaban J connectivity index is 1.68. The molecule has 7 heteroatoms. The number of halogens is 1. The van der Waals surface area contributed by atoms with Gasteiger partial charge in [0.05, 0.1) is 11.8 Å². The van der Waals surface area contributed by atoms with Gasteiger partial charge in [-0.15, -0.1) is 0 Å². The minimum atomic E-state index is -0.302. The average Bonchev–Trinajstić information content (AvgIpc) is 2.62. The third-order valence-electron chi connectivity index (χ3n) is 4.15. The van der Waals surface area contributed by atoms with Crippen molar-refractivity contribution in [3.05, 3.63) is 36.0 Å². The lowest BCUT2D eigenvalue weighted by Crippen LogP contribution is -2.47. The van der Waals surface area contributed by atoms with Crippen LogP contribution in [0.3, 0.4) is 0 Å². The van der Waals surface area contributed by atoms with E-state index in [1.54, 1.807) is 0 Å². The minimum Gasteiger partial charge on any atom is -0.475 e. The highest BCUT2D eigenvalue weighted by Crippen LogP contribution is 2.22. The molecule has 1 saturated heterocycles. The molecule has 0 aromatic carbocycles. The Morgan fingerprint density at radius 3 is 2.52 bits per heavy atom. The quantitative estimate of drug-likeness (QED) is 0.830. The van der Waals surface area contributed by atoms with E-state index in [2.05, 4.69) is 19.9 Å². The number of nitrogens with zero attached hydrogens (tertiary/aromatic N) is 5. The zero-order valence-electron chi connectivity index (χ0n) is 14.9. The molecule has 0 saturated carbocycles. The highest BCUT2D eigenvalue weighted by Gasteiger charge is 2.23. The van der Waals surface area contributed by atoms with Crippen molar-refractivity contribution in [3.63, 3.8) is 0 Å². The van der Waals surface area contributed by atoms with Gasteiger partial charge in [-0.2, -0.15) is 4.98 Å². The Labute approximate surface area is 147 Å². The molecule has 0 bridgehead atoms. The molecule has 1 aliphatic rings. The molecule has 134 valence electrons. The lowest BCUT2D eigenvalue weighted by molar-refractivity contribution is 0.233. The maximum Gasteiger partial charge on any atom is 0.215 e. The van der Waals surface area contributed by atoms with E-state index in [9.17, 15) is 4.39 Å². The minimum absolute atomic E-state index is 0.0908. The smallest absolute Gasteiger partial charge is 0.215 e. The first-order valence-corrected chi connectivity index (χ1v) is 8.71. The fourth-order valence-corrected chi connectivity index (χ4v) is 2.90. The van der Waals surface area contributed by atoms with Crippen molar-refractivity contribution in [2.75, 3.05) is 36.0 Å². The second-order valence-corrected chi connectivity index (χ2v) is 6.29. The van der Waals surface area contributed by atoms with Gasteiger partial charge in [-0.3, -0.25) is 0 Å². The van der Waals surface area contributed by atoms with Crippen LogP contribution >= 0.6 is 0 Å². The van der Waals surface area contributed by atoms with Crippen LogP contribution < -0.4 is 14.5 Å². The summed E-state index contributed by atoms with van der Waals surface area (Å²) in [6.07, 6.45) is 2.10. The Bertz CT molecular complexity index is 716. The predicted octanol–water partition coefficient (Wildman–Crippen LogP) is 2.69. The van der Waals surface area contributed by atoms with Crippen LogP contribution in [0.2, 0.25) is 0 Å². The van der Waals surface area contributed by atoms with E-state index in [0.717, 1.165) is 18.9 Å². The molecule has 6 nitrogen and oxygen atoms in total. The summed E-state index contributed by atoms with van der Waals surface area (Å²) in [5.41, 5.74) is 0.465. The molecule has 0 spiro atoms. The first kappa shape index (κ1) is 17.4. The van der Waals surface area contributed by atoms with E-state index >= 15 is 0 Å². The van der Waals surface area contributed by atoms with Gasteiger partial charge in [0.2, 0.25) is 5.88 Å². The van der Waals surface area contributed by atoms with Gasteiger partial charge in [0.1, 0.15) is 12.1 Å². The van der Waals surface area contributed by atoms with E-state index in [1.165, 1.54) is 6.33 Å². The third-order valence-corrected chi connectivity index (χ3v) is 4.15. The van der Waals surface area contributed by atoms with Crippen LogP contribution in [0, 0.1) is 5.82 Å². The number of hydrogen-bond donors (Lipinski definition) is 0. The van der Waals surface area contributed by atoms with Gasteiger partial charge in [0.15, 0.2) is 11.6 Å². The van der Waals surface area contributed by atoms with Crippen molar-refractivity contribution in [1.29, 1.82) is 0 Å². The van der Waals surface area contributed by atoms with Crippen LogP contribution in [-0.2, 0) is 6.42 Å². The molecule has 0 radical (unpaired) electrons. The van der Waals surface area contributed by atoms with Crippen molar-refractivity contribution < 1.29 is 9.13 Å². The lowest BCUT2D eigenvalue weighted by Gasteiger charge is -2.36. The third kappa shape index (κ3) is 3.97. The summed E-state index contributed by atoms with van der Waals surface area (Å²) in [4.78, 5) is 16.9. The zero-order valence-corrected chi connectivity index (χ0v) is 14.9. The van der Waals surface area contributed by atoms with Gasteiger partial charge in [-0.05, 0) is 26.3 Å². The number of anilines is 2. The normalized spacial score (nSPS) is 14.9. The molecular formula is C18H24FN5O. The number of piperazine rings is 1. The maximum absolute atomic E-state index is 14.4. The summed E-state index contributed by atoms with van der Waals surface area (Å²) in [6.45, 7) is 8.74. The summed E-state index contributed by atoms with van der Waals surface area (Å²) >= 11 is 0. The molecule has 2 aromatic heterocycles. The van der Waals surface area contributed by atoms with Crippen molar-refractivity contribution in [2.24, 2.45) is 0 Å². The fourth-order valence-electron chi connectivity index (χ4n) is 2.90. The van der Waals surface area contributed by atoms with Gasteiger partial charge < -0.3 is 14.5 Å². The monoisotopic (exact) mass is 345 g/mol. The standard InChI is InChI=1S/C18H24FN5O/c1-4-14-17(19)18(21-12-20-14)24-10-8-23(9-11-24)15-6-5-7-16(22-15)25-13(2)3/h5-7,12-13H,4,8-11H2,1-3H3. The SMILES string of the molecule is CCc1ncnc(N2CCN(c3cccc(OC(C)C)n3)CC2)c1F. The molecule has 1 fully saturated rings. The summed E-state index contributed by atoms with van der Waals surface area (Å²) in [7, 11) is 0. The lowest BCUT2D eigenvalue weighted by atomic mass is 10.2. The summed E-state index contributed by atoms with van der Waals surface area (Å²) in [6, 6.07) is 5.79. The van der Waals surface area contributed by atoms with Gasteiger partial charge in [0, 0.05) is 32.2 Å². The first-order valence-electron chi connectivity index (χ1n) is 8.71. The molecule has 0 N–H and O–H groups in total. The Morgan fingerprint density at radius 2 is 1.84 bits per heavy atom. The molecule has 0 atom stereocenters. The van der Waals surface area contributed by atoms with Crippen molar-refractivity contribution in [1.82, 2.24) is 15.0 Å². The molecular weight excluding hydrogens is 321 g/mol. The van der Waals surface area contributed by atoms with Crippen molar-refractivity contribution in [3.8, 4) is 5.88 Å². The van der Waals surface area contributed by atoms with Gasteiger partial charge in [-0.1, -0.05) is 13.0 Å². The Kier molecular flexibility index (Phi) is 5.31. The maximum atomic E-state index is 14.4. The van der Waals surface area contributed by atoms with Gasteiger partial charge in [0.25, 0.3) is 0 Å². The molecule has 3 rings (SSSR count). The number of hydrogen-bond acceptors (Lipinski definition) is 6. The largest absolute Gasteiger partial charge is 0.475 e. The van der Waals surface area contributed by atoms with E-state index in [-0.39, 0.29) is 11.9 Å². The average molecular weight is 345 g/mol. The number of aromatic nitrogens is 3. The summed E-state index contributed by atoms with van der Waals surface area (Å²) < 4.78 is 20.1. The van der Waals surface area contributed by atoms with Crippen LogP contribution in [0.4, 0.5) is 16.0 Å². The molecule has 2 aromatic rings. The Morgan fingerprint density at radius 1 is 1.12 bits per heavy atom. The molecule has 1 aliphatic heterocycles. The number of rotatable bonds is 5. The topological polar surface area (TPSA) is 54.4 Å². The van der Waals surface area contributed by atoms with Crippen LogP contribution in [-0.4, -0.2) is 47.2 Å². The predicted molar refractivity (Wildman–Crippen MR) is 95.8 cm³/mol. The molecule has 25 heavy (non-hydrogen) atoms. The van der Waals surface area contributed by atoms with E-state index in [4.69, 9.17) is 4.74 Å². The summed E-state index contributed by atoms with van der Waals surface area (Å²) in [5.74, 6) is 1.61. The van der Waals surface area contributed by atoms with Crippen LogP contribution in [0.15, 0.2) is 24.5 Å². The van der Waals surface area contributed by atoms with Crippen LogP contribution in [0.1, 0.15) is 26.5 Å². The number of aryl methyl sites for hydroxylation is 1. The molecule has 3 heterocycles. The first-order chi connectivity index (χ1) is 12.1. The van der Waals surface area contributed by atoms with Crippen LogP contribution in [0.25, 0.3) is 0 Å². The van der Waals surface area contributed by atoms with Crippen LogP contribution in [0.5, 0.6) is 5.88 Å².